The van der Waals surface area contributed by atoms with Gasteiger partial charge >= 0.3 is 0 Å². The Balaban J connectivity index is 2.98. The Morgan fingerprint density at radius 3 is 2.88 bits per heavy atom. The molecule has 0 aliphatic heterocycles. The predicted molar refractivity (Wildman–Crippen MR) is 72.7 cm³/mol. The highest BCUT2D eigenvalue weighted by Gasteiger charge is 2.04. The lowest BCUT2D eigenvalue weighted by atomic mass is 10.3. The molecule has 0 saturated carbocycles. The maximum absolute atomic E-state index is 4.40. The molecule has 0 saturated heterocycles. The summed E-state index contributed by atoms with van der Waals surface area (Å²) < 4.78 is 0.923. The van der Waals surface area contributed by atoms with Crippen LogP contribution in [0.2, 0.25) is 0 Å². The van der Waals surface area contributed by atoms with E-state index in [0.29, 0.717) is 0 Å². The Morgan fingerprint density at radius 2 is 2.31 bits per heavy atom. The van der Waals surface area contributed by atoms with Crippen LogP contribution < -0.4 is 5.32 Å². The fourth-order valence-electron chi connectivity index (χ4n) is 1.12. The van der Waals surface area contributed by atoms with Crippen molar-refractivity contribution in [2.75, 3.05) is 26.0 Å². The van der Waals surface area contributed by atoms with Crippen LogP contribution >= 0.6 is 15.9 Å². The topological polar surface area (TPSA) is 40.5 Å². The lowest BCUT2D eigenvalue weighted by molar-refractivity contribution is 0.552. The number of pyridine rings is 1. The van der Waals surface area contributed by atoms with Gasteiger partial charge in [0, 0.05) is 20.6 Å². The number of halogens is 1. The molecule has 0 fully saturated rings. The van der Waals surface area contributed by atoms with E-state index >= 15 is 0 Å². The van der Waals surface area contributed by atoms with Crippen LogP contribution in [-0.4, -0.2) is 36.9 Å². The number of anilines is 1. The number of aryl methyl sites for hydroxylation is 1. The van der Waals surface area contributed by atoms with Crippen molar-refractivity contribution in [3.05, 3.63) is 16.2 Å². The van der Waals surface area contributed by atoms with Crippen LogP contribution in [0.3, 0.4) is 0 Å². The van der Waals surface area contributed by atoms with Gasteiger partial charge in [0.05, 0.1) is 22.2 Å². The fraction of sp³-hybridized carbons (Fsp3) is 0.455. The average molecular weight is 285 g/mol. The molecule has 88 valence electrons. The van der Waals surface area contributed by atoms with Crippen molar-refractivity contribution < 1.29 is 0 Å². The third-order valence-electron chi connectivity index (χ3n) is 2.27. The smallest absolute Gasteiger partial charge is 0.140 e. The molecule has 16 heavy (non-hydrogen) atoms. The van der Waals surface area contributed by atoms with E-state index < -0.39 is 0 Å². The molecule has 0 aromatic carbocycles. The highest BCUT2D eigenvalue weighted by Crippen LogP contribution is 2.27. The molecule has 0 atom stereocenters. The molecule has 5 heteroatoms. The normalized spacial score (nSPS) is 10.8. The minimum atomic E-state index is 0.834. The second-order valence-electron chi connectivity index (χ2n) is 3.49. The van der Waals surface area contributed by atoms with Gasteiger partial charge in [0.2, 0.25) is 0 Å². The first kappa shape index (κ1) is 13.0. The number of rotatable bonds is 4. The van der Waals surface area contributed by atoms with Gasteiger partial charge in [-0.15, -0.1) is 0 Å². The minimum absolute atomic E-state index is 0.834. The van der Waals surface area contributed by atoms with E-state index in [9.17, 15) is 0 Å². The number of nitrogens with zero attached hydrogens (tertiary/aromatic N) is 3. The molecule has 1 rings (SSSR count). The molecule has 1 aromatic rings. The summed E-state index contributed by atoms with van der Waals surface area (Å²) in [5.74, 6) is 0.834. The van der Waals surface area contributed by atoms with Gasteiger partial charge in [-0.3, -0.25) is 0 Å². The maximum Gasteiger partial charge on any atom is 0.140 e. The van der Waals surface area contributed by atoms with Gasteiger partial charge in [-0.1, -0.05) is 0 Å². The molecule has 1 aromatic heterocycles. The van der Waals surface area contributed by atoms with Gasteiger partial charge in [0.1, 0.15) is 5.82 Å². The highest BCUT2D eigenvalue weighted by atomic mass is 79.9. The first-order valence-corrected chi connectivity index (χ1v) is 5.97. The van der Waals surface area contributed by atoms with E-state index in [1.54, 1.807) is 0 Å². The van der Waals surface area contributed by atoms with E-state index in [1.165, 1.54) is 0 Å². The average Bonchev–Trinajstić information content (AvgIpc) is 2.29. The molecule has 0 unspecified atom stereocenters. The van der Waals surface area contributed by atoms with Gasteiger partial charge in [-0.05, 0) is 35.8 Å². The Hall–Kier alpha value is -1.10. The van der Waals surface area contributed by atoms with E-state index in [1.807, 2.05) is 38.3 Å². The molecular weight excluding hydrogens is 268 g/mol. The van der Waals surface area contributed by atoms with Gasteiger partial charge in [0.15, 0.2) is 0 Å². The Bertz CT molecular complexity index is 390. The lowest BCUT2D eigenvalue weighted by Crippen LogP contribution is -2.14. The highest BCUT2D eigenvalue weighted by molar-refractivity contribution is 9.10. The van der Waals surface area contributed by atoms with Crippen molar-refractivity contribution in [3.63, 3.8) is 0 Å². The van der Waals surface area contributed by atoms with Gasteiger partial charge in [-0.2, -0.15) is 0 Å². The first-order valence-electron chi connectivity index (χ1n) is 5.17. The second kappa shape index (κ2) is 5.84. The van der Waals surface area contributed by atoms with E-state index in [4.69, 9.17) is 0 Å². The summed E-state index contributed by atoms with van der Waals surface area (Å²) in [5.41, 5.74) is 1.79. The van der Waals surface area contributed by atoms with Crippen LogP contribution in [0, 0.1) is 6.92 Å². The van der Waals surface area contributed by atoms with Gasteiger partial charge in [0.25, 0.3) is 0 Å². The summed E-state index contributed by atoms with van der Waals surface area (Å²) in [5, 5.41) is 3.02. The third kappa shape index (κ3) is 3.20. The van der Waals surface area contributed by atoms with Crippen molar-refractivity contribution in [2.45, 2.75) is 13.8 Å². The van der Waals surface area contributed by atoms with E-state index in [-0.39, 0.29) is 0 Å². The largest absolute Gasteiger partial charge is 0.372 e. The second-order valence-corrected chi connectivity index (χ2v) is 4.35. The molecule has 0 amide bonds. The van der Waals surface area contributed by atoms with Crippen molar-refractivity contribution in [3.8, 4) is 0 Å². The van der Waals surface area contributed by atoms with Crippen molar-refractivity contribution in [1.82, 2.24) is 9.88 Å². The van der Waals surface area contributed by atoms with Crippen molar-refractivity contribution in [1.29, 1.82) is 0 Å². The minimum Gasteiger partial charge on any atom is -0.372 e. The summed E-state index contributed by atoms with van der Waals surface area (Å²) >= 11 is 3.45. The number of nitrogens with one attached hydrogen (secondary N) is 1. The summed E-state index contributed by atoms with van der Waals surface area (Å²) in [6, 6.07) is 1.97. The molecule has 1 heterocycles. The van der Waals surface area contributed by atoms with Crippen LogP contribution in [0.4, 0.5) is 11.5 Å². The van der Waals surface area contributed by atoms with Crippen LogP contribution in [0.25, 0.3) is 0 Å². The molecule has 4 nitrogen and oxygen atoms in total. The number of hydrogen-bond acceptors (Lipinski definition) is 3. The fourth-order valence-corrected chi connectivity index (χ4v) is 1.62. The van der Waals surface area contributed by atoms with Gasteiger partial charge < -0.3 is 10.2 Å². The zero-order chi connectivity index (χ0) is 12.1. The maximum atomic E-state index is 4.40. The standard InChI is InChI=1S/C11H17BrN4/c1-5-16(4)7-14-10-6-9(12)11(13-3)15-8(10)2/h6-7H,5H2,1-4H3,(H,13,15)/b14-7+. The predicted octanol–water partition coefficient (Wildman–Crippen LogP) is 2.81. The Morgan fingerprint density at radius 1 is 1.62 bits per heavy atom. The van der Waals surface area contributed by atoms with E-state index in [0.717, 1.165) is 28.2 Å². The Labute approximate surface area is 105 Å². The van der Waals surface area contributed by atoms with Gasteiger partial charge in [-0.25, -0.2) is 9.98 Å². The Kier molecular flexibility index (Phi) is 4.73. The molecule has 0 aliphatic carbocycles. The number of aliphatic imine (C=N–C) groups is 1. The SMILES string of the molecule is CCN(C)/C=N/c1cc(Br)c(NC)nc1C. The molecule has 0 radical (unpaired) electrons. The zero-order valence-corrected chi connectivity index (χ0v) is 11.7. The summed E-state index contributed by atoms with van der Waals surface area (Å²) in [6.45, 7) is 4.97. The number of aromatic nitrogens is 1. The number of hydrogen-bond donors (Lipinski definition) is 1. The first-order chi connectivity index (χ1) is 7.58. The summed E-state index contributed by atoms with van der Waals surface area (Å²) in [7, 11) is 3.84. The van der Waals surface area contributed by atoms with E-state index in [2.05, 4.69) is 38.1 Å². The van der Waals surface area contributed by atoms with Crippen LogP contribution in [0.5, 0.6) is 0 Å². The molecule has 0 aliphatic rings. The van der Waals surface area contributed by atoms with Crippen molar-refractivity contribution >= 4 is 33.8 Å². The molecule has 1 N–H and O–H groups in total. The van der Waals surface area contributed by atoms with Crippen LogP contribution in [0.15, 0.2) is 15.5 Å². The molecule has 0 spiro atoms. The monoisotopic (exact) mass is 284 g/mol. The van der Waals surface area contributed by atoms with Crippen molar-refractivity contribution in [2.24, 2.45) is 4.99 Å². The third-order valence-corrected chi connectivity index (χ3v) is 2.87. The lowest BCUT2D eigenvalue weighted by Gasteiger charge is -2.10. The quantitative estimate of drug-likeness (QED) is 0.683. The molecule has 0 bridgehead atoms. The van der Waals surface area contributed by atoms with Crippen LogP contribution in [-0.2, 0) is 0 Å². The molecular formula is C11H17BrN4. The zero-order valence-electron chi connectivity index (χ0n) is 10.1. The summed E-state index contributed by atoms with van der Waals surface area (Å²) in [4.78, 5) is 10.8. The summed E-state index contributed by atoms with van der Waals surface area (Å²) in [6.07, 6.45) is 1.81. The van der Waals surface area contributed by atoms with Crippen LogP contribution in [0.1, 0.15) is 12.6 Å².